The van der Waals surface area contributed by atoms with E-state index in [4.69, 9.17) is 4.74 Å². The Morgan fingerprint density at radius 3 is 2.61 bits per heavy atom. The highest BCUT2D eigenvalue weighted by molar-refractivity contribution is 5.17. The van der Waals surface area contributed by atoms with Crippen LogP contribution in [0.15, 0.2) is 24.3 Å². The largest absolute Gasteiger partial charge is 0.374 e. The van der Waals surface area contributed by atoms with Crippen LogP contribution >= 0.6 is 0 Å². The number of hydrogen-bond acceptors (Lipinski definition) is 2. The van der Waals surface area contributed by atoms with E-state index in [2.05, 4.69) is 19.2 Å². The second-order valence-electron chi connectivity index (χ2n) is 5.06. The molecule has 0 aliphatic carbocycles. The van der Waals surface area contributed by atoms with Gasteiger partial charge < -0.3 is 10.1 Å². The molecule has 0 aromatic heterocycles. The van der Waals surface area contributed by atoms with Crippen molar-refractivity contribution in [2.24, 2.45) is 0 Å². The van der Waals surface area contributed by atoms with Gasteiger partial charge in [0.2, 0.25) is 0 Å². The highest BCUT2D eigenvalue weighted by Gasteiger charge is 2.29. The zero-order valence-corrected chi connectivity index (χ0v) is 11.2. The molecule has 2 rings (SSSR count). The lowest BCUT2D eigenvalue weighted by molar-refractivity contribution is 0.0324. The molecule has 1 saturated heterocycles. The lowest BCUT2D eigenvalue weighted by Crippen LogP contribution is -2.41. The lowest BCUT2D eigenvalue weighted by Gasteiger charge is -2.24. The van der Waals surface area contributed by atoms with Crippen LogP contribution in [-0.2, 0) is 11.2 Å². The van der Waals surface area contributed by atoms with Gasteiger partial charge in [0.15, 0.2) is 0 Å². The smallest absolute Gasteiger partial charge is 0.123 e. The monoisotopic (exact) mass is 251 g/mol. The summed E-state index contributed by atoms with van der Waals surface area (Å²) in [6.45, 7) is 5.16. The average Bonchev–Trinajstić information content (AvgIpc) is 2.78. The van der Waals surface area contributed by atoms with E-state index in [0.717, 1.165) is 31.4 Å². The Hall–Kier alpha value is -0.930. The first-order chi connectivity index (χ1) is 8.69. The highest BCUT2D eigenvalue weighted by atomic mass is 19.1. The molecule has 1 heterocycles. The fourth-order valence-electron chi connectivity index (χ4n) is 2.60. The Labute approximate surface area is 109 Å². The molecule has 1 aliphatic rings. The van der Waals surface area contributed by atoms with Crippen LogP contribution in [0.4, 0.5) is 4.39 Å². The van der Waals surface area contributed by atoms with E-state index in [0.29, 0.717) is 12.1 Å². The molecule has 0 bridgehead atoms. The molecule has 1 aromatic carbocycles. The average molecular weight is 251 g/mol. The molecular weight excluding hydrogens is 229 g/mol. The minimum Gasteiger partial charge on any atom is -0.374 e. The van der Waals surface area contributed by atoms with E-state index in [9.17, 15) is 4.39 Å². The van der Waals surface area contributed by atoms with Crippen molar-refractivity contribution in [2.75, 3.05) is 6.54 Å². The predicted molar refractivity (Wildman–Crippen MR) is 71.1 cm³/mol. The first-order valence-corrected chi connectivity index (χ1v) is 6.82. The van der Waals surface area contributed by atoms with E-state index < -0.39 is 0 Å². The second-order valence-corrected chi connectivity index (χ2v) is 5.06. The van der Waals surface area contributed by atoms with E-state index in [1.54, 1.807) is 0 Å². The summed E-state index contributed by atoms with van der Waals surface area (Å²) in [7, 11) is 0. The molecule has 3 heteroatoms. The van der Waals surface area contributed by atoms with Gasteiger partial charge in [0.05, 0.1) is 12.2 Å². The number of hydrogen-bond donors (Lipinski definition) is 1. The molecule has 1 fully saturated rings. The van der Waals surface area contributed by atoms with Crippen LogP contribution in [-0.4, -0.2) is 24.8 Å². The SMILES string of the molecule is CCNC(Cc1ccc(F)cc1)C1CCC(C)O1. The molecule has 1 aliphatic heterocycles. The Morgan fingerprint density at radius 2 is 2.06 bits per heavy atom. The highest BCUT2D eigenvalue weighted by Crippen LogP contribution is 2.23. The van der Waals surface area contributed by atoms with Crippen molar-refractivity contribution in [2.45, 2.75) is 51.4 Å². The Kier molecular flexibility index (Phi) is 4.72. The maximum Gasteiger partial charge on any atom is 0.123 e. The number of benzene rings is 1. The van der Waals surface area contributed by atoms with Crippen molar-refractivity contribution in [1.82, 2.24) is 5.32 Å². The van der Waals surface area contributed by atoms with Crippen molar-refractivity contribution >= 4 is 0 Å². The molecule has 0 saturated carbocycles. The normalized spacial score (nSPS) is 25.3. The summed E-state index contributed by atoms with van der Waals surface area (Å²) in [6.07, 6.45) is 3.79. The number of rotatable bonds is 5. The molecule has 0 radical (unpaired) electrons. The topological polar surface area (TPSA) is 21.3 Å². The van der Waals surface area contributed by atoms with Crippen LogP contribution < -0.4 is 5.32 Å². The molecule has 0 spiro atoms. The fourth-order valence-corrected chi connectivity index (χ4v) is 2.60. The van der Waals surface area contributed by atoms with Crippen molar-refractivity contribution in [3.05, 3.63) is 35.6 Å². The molecule has 100 valence electrons. The standard InChI is InChI=1S/C15H22FNO/c1-3-17-14(15-9-4-11(2)18-15)10-12-5-7-13(16)8-6-12/h5-8,11,14-15,17H,3-4,9-10H2,1-2H3. The van der Waals surface area contributed by atoms with Gasteiger partial charge in [0.1, 0.15) is 5.82 Å². The van der Waals surface area contributed by atoms with Gasteiger partial charge in [-0.2, -0.15) is 0 Å². The van der Waals surface area contributed by atoms with Gasteiger partial charge in [-0.15, -0.1) is 0 Å². The Morgan fingerprint density at radius 1 is 1.33 bits per heavy atom. The quantitative estimate of drug-likeness (QED) is 0.868. The fraction of sp³-hybridized carbons (Fsp3) is 0.600. The number of halogens is 1. The van der Waals surface area contributed by atoms with Crippen molar-refractivity contribution < 1.29 is 9.13 Å². The molecule has 2 nitrogen and oxygen atoms in total. The molecular formula is C15H22FNO. The van der Waals surface area contributed by atoms with Gasteiger partial charge >= 0.3 is 0 Å². The first kappa shape index (κ1) is 13.5. The van der Waals surface area contributed by atoms with Gasteiger partial charge in [0.25, 0.3) is 0 Å². The molecule has 1 N–H and O–H groups in total. The molecule has 18 heavy (non-hydrogen) atoms. The van der Waals surface area contributed by atoms with Gasteiger partial charge in [-0.05, 0) is 50.4 Å². The first-order valence-electron chi connectivity index (χ1n) is 6.82. The molecule has 0 amide bonds. The summed E-state index contributed by atoms with van der Waals surface area (Å²) in [5.74, 6) is -0.176. The van der Waals surface area contributed by atoms with E-state index >= 15 is 0 Å². The van der Waals surface area contributed by atoms with E-state index in [1.807, 2.05) is 12.1 Å². The number of likely N-dealkylation sites (N-methyl/N-ethyl adjacent to an activating group) is 1. The minimum absolute atomic E-state index is 0.176. The maximum absolute atomic E-state index is 12.9. The van der Waals surface area contributed by atoms with Gasteiger partial charge in [0, 0.05) is 6.04 Å². The second kappa shape index (κ2) is 6.30. The summed E-state index contributed by atoms with van der Waals surface area (Å²) < 4.78 is 18.8. The van der Waals surface area contributed by atoms with Crippen LogP contribution in [0, 0.1) is 5.82 Å². The van der Waals surface area contributed by atoms with Crippen LogP contribution in [0.25, 0.3) is 0 Å². The van der Waals surface area contributed by atoms with Gasteiger partial charge in [-0.1, -0.05) is 19.1 Å². The van der Waals surface area contributed by atoms with Crippen LogP contribution in [0.2, 0.25) is 0 Å². The maximum atomic E-state index is 12.9. The third-order valence-corrected chi connectivity index (χ3v) is 3.55. The van der Waals surface area contributed by atoms with Gasteiger partial charge in [-0.25, -0.2) is 4.39 Å². The lowest BCUT2D eigenvalue weighted by atomic mass is 9.99. The minimum atomic E-state index is -0.176. The summed E-state index contributed by atoms with van der Waals surface area (Å²) in [4.78, 5) is 0. The van der Waals surface area contributed by atoms with Crippen molar-refractivity contribution in [3.63, 3.8) is 0 Å². The summed E-state index contributed by atoms with van der Waals surface area (Å²) in [5.41, 5.74) is 1.16. The van der Waals surface area contributed by atoms with Crippen molar-refractivity contribution in [1.29, 1.82) is 0 Å². The molecule has 3 unspecified atom stereocenters. The number of nitrogens with one attached hydrogen (secondary N) is 1. The van der Waals surface area contributed by atoms with Crippen LogP contribution in [0.1, 0.15) is 32.3 Å². The number of ether oxygens (including phenoxy) is 1. The predicted octanol–water partition coefficient (Wildman–Crippen LogP) is 2.91. The Bertz CT molecular complexity index is 365. The Balaban J connectivity index is 1.99. The van der Waals surface area contributed by atoms with Crippen LogP contribution in [0.3, 0.4) is 0 Å². The van der Waals surface area contributed by atoms with E-state index in [1.165, 1.54) is 12.1 Å². The van der Waals surface area contributed by atoms with Crippen molar-refractivity contribution in [3.8, 4) is 0 Å². The zero-order valence-electron chi connectivity index (χ0n) is 11.2. The third kappa shape index (κ3) is 3.53. The summed E-state index contributed by atoms with van der Waals surface area (Å²) in [6, 6.07) is 7.09. The third-order valence-electron chi connectivity index (χ3n) is 3.55. The van der Waals surface area contributed by atoms with E-state index in [-0.39, 0.29) is 11.9 Å². The van der Waals surface area contributed by atoms with Gasteiger partial charge in [-0.3, -0.25) is 0 Å². The summed E-state index contributed by atoms with van der Waals surface area (Å²) in [5, 5.41) is 3.49. The molecule has 3 atom stereocenters. The zero-order chi connectivity index (χ0) is 13.0. The molecule has 1 aromatic rings. The summed E-state index contributed by atoms with van der Waals surface area (Å²) >= 11 is 0. The van der Waals surface area contributed by atoms with Crippen LogP contribution in [0.5, 0.6) is 0 Å².